The number of ether oxygens (including phenoxy) is 2. The highest BCUT2D eigenvalue weighted by atomic mass is 16.5. The highest BCUT2D eigenvalue weighted by Gasteiger charge is 2.20. The van der Waals surface area contributed by atoms with Gasteiger partial charge in [0.05, 0.1) is 7.11 Å². The van der Waals surface area contributed by atoms with Gasteiger partial charge in [0.1, 0.15) is 0 Å². The van der Waals surface area contributed by atoms with Gasteiger partial charge in [-0.1, -0.05) is 18.2 Å². The zero-order valence-electron chi connectivity index (χ0n) is 15.4. The van der Waals surface area contributed by atoms with E-state index in [4.69, 9.17) is 9.47 Å². The third kappa shape index (κ3) is 4.37. The molecule has 27 heavy (non-hydrogen) atoms. The Morgan fingerprint density at radius 1 is 1.11 bits per heavy atom. The molecule has 1 aliphatic carbocycles. The maximum atomic E-state index is 12.5. The summed E-state index contributed by atoms with van der Waals surface area (Å²) in [6.07, 6.45) is 5.08. The Balaban J connectivity index is 1.62. The van der Waals surface area contributed by atoms with Crippen molar-refractivity contribution in [3.05, 3.63) is 64.7 Å². The molecule has 5 nitrogen and oxygen atoms in total. The summed E-state index contributed by atoms with van der Waals surface area (Å²) < 4.78 is 10.3. The fraction of sp³-hybridized carbons (Fsp3) is 0.273. The molecule has 0 aliphatic heterocycles. The smallest absolute Gasteiger partial charge is 0.331 e. The van der Waals surface area contributed by atoms with Gasteiger partial charge in [-0.2, -0.15) is 0 Å². The first kappa shape index (κ1) is 18.7. The zero-order valence-corrected chi connectivity index (χ0v) is 15.4. The summed E-state index contributed by atoms with van der Waals surface area (Å²) in [5.41, 5.74) is 3.74. The highest BCUT2D eigenvalue weighted by molar-refractivity contribution is 6.01. The Labute approximate surface area is 158 Å². The van der Waals surface area contributed by atoms with E-state index in [1.165, 1.54) is 36.5 Å². The average Bonchev–Trinajstić information content (AvgIpc) is 3.14. The number of phenolic OH excluding ortho intramolecular Hbond substituents is 1. The summed E-state index contributed by atoms with van der Waals surface area (Å²) in [6.45, 7) is 1.57. The number of phenols is 1. The molecule has 0 bridgehead atoms. The number of carbonyl (C=O) groups excluding carboxylic acids is 2. The van der Waals surface area contributed by atoms with Crippen molar-refractivity contribution < 1.29 is 24.2 Å². The van der Waals surface area contributed by atoms with Crippen LogP contribution in [-0.2, 0) is 22.4 Å². The number of hydrogen-bond donors (Lipinski definition) is 1. The summed E-state index contributed by atoms with van der Waals surface area (Å²) in [4.78, 5) is 24.6. The first-order chi connectivity index (χ1) is 13.0. The molecule has 0 amide bonds. The number of aryl methyl sites for hydroxylation is 2. The normalized spacial score (nSPS) is 14.0. The third-order valence-electron chi connectivity index (χ3n) is 4.66. The molecule has 140 valence electrons. The Morgan fingerprint density at radius 3 is 2.67 bits per heavy atom. The van der Waals surface area contributed by atoms with Crippen molar-refractivity contribution in [1.82, 2.24) is 0 Å². The summed E-state index contributed by atoms with van der Waals surface area (Å²) in [6, 6.07) is 10.4. The van der Waals surface area contributed by atoms with Gasteiger partial charge in [-0.05, 0) is 67.2 Å². The van der Waals surface area contributed by atoms with E-state index in [1.807, 2.05) is 12.1 Å². The molecule has 2 aromatic rings. The molecule has 0 radical (unpaired) electrons. The van der Waals surface area contributed by atoms with Gasteiger partial charge in [-0.25, -0.2) is 4.79 Å². The Kier molecular flexibility index (Phi) is 5.60. The van der Waals surface area contributed by atoms with Crippen molar-refractivity contribution in [1.29, 1.82) is 0 Å². The topological polar surface area (TPSA) is 72.8 Å². The van der Waals surface area contributed by atoms with Crippen molar-refractivity contribution in [2.75, 3.05) is 7.11 Å². The van der Waals surface area contributed by atoms with Gasteiger partial charge in [0.25, 0.3) is 0 Å². The molecule has 0 unspecified atom stereocenters. The number of rotatable bonds is 6. The molecule has 0 aromatic heterocycles. The van der Waals surface area contributed by atoms with Crippen LogP contribution in [-0.4, -0.2) is 30.1 Å². The third-order valence-corrected chi connectivity index (χ3v) is 4.66. The van der Waals surface area contributed by atoms with E-state index in [0.717, 1.165) is 19.3 Å². The number of hydrogen-bond acceptors (Lipinski definition) is 5. The maximum Gasteiger partial charge on any atom is 0.331 e. The quantitative estimate of drug-likeness (QED) is 0.479. The van der Waals surface area contributed by atoms with Crippen LogP contribution in [0.4, 0.5) is 0 Å². The van der Waals surface area contributed by atoms with Crippen molar-refractivity contribution in [3.8, 4) is 11.5 Å². The minimum atomic E-state index is -0.865. The molecule has 3 rings (SSSR count). The second-order valence-electron chi connectivity index (χ2n) is 6.55. The minimum Gasteiger partial charge on any atom is -0.504 e. The fourth-order valence-corrected chi connectivity index (χ4v) is 3.19. The number of esters is 1. The summed E-state index contributed by atoms with van der Waals surface area (Å²) >= 11 is 0. The van der Waals surface area contributed by atoms with Crippen molar-refractivity contribution >= 4 is 17.8 Å². The molecule has 0 spiro atoms. The number of methoxy groups -OCH3 is 1. The standard InChI is InChI=1S/C22H22O5/c1-14(22(25)18-9-8-16-4-3-5-17(16)13-18)27-21(24)11-7-15-6-10-19(23)20(12-15)26-2/h6-14,23H,3-5H2,1-2H3/b11-7+/t14-/m1/s1. The first-order valence-corrected chi connectivity index (χ1v) is 8.89. The second kappa shape index (κ2) is 8.08. The van der Waals surface area contributed by atoms with Crippen LogP contribution in [0.2, 0.25) is 0 Å². The van der Waals surface area contributed by atoms with Crippen LogP contribution in [0.15, 0.2) is 42.5 Å². The van der Waals surface area contributed by atoms with E-state index in [1.54, 1.807) is 25.1 Å². The maximum absolute atomic E-state index is 12.5. The van der Waals surface area contributed by atoms with E-state index in [-0.39, 0.29) is 11.5 Å². The Bertz CT molecular complexity index is 898. The SMILES string of the molecule is COc1cc(/C=C/C(=O)O[C@H](C)C(=O)c2ccc3c(c2)CCC3)ccc1O. The highest BCUT2D eigenvalue weighted by Crippen LogP contribution is 2.27. The van der Waals surface area contributed by atoms with Crippen molar-refractivity contribution in [2.45, 2.75) is 32.3 Å². The molecule has 1 atom stereocenters. The summed E-state index contributed by atoms with van der Waals surface area (Å²) in [5.74, 6) is -0.488. The molecule has 0 heterocycles. The van der Waals surface area contributed by atoms with Crippen LogP contribution in [0.1, 0.15) is 40.4 Å². The van der Waals surface area contributed by atoms with E-state index in [9.17, 15) is 14.7 Å². The van der Waals surface area contributed by atoms with Gasteiger partial charge < -0.3 is 14.6 Å². The van der Waals surface area contributed by atoms with E-state index >= 15 is 0 Å². The van der Waals surface area contributed by atoms with Gasteiger partial charge in [-0.15, -0.1) is 0 Å². The molecule has 0 saturated heterocycles. The number of ketones is 1. The lowest BCUT2D eigenvalue weighted by molar-refractivity contribution is -0.140. The first-order valence-electron chi connectivity index (χ1n) is 8.89. The van der Waals surface area contributed by atoms with E-state index in [0.29, 0.717) is 16.9 Å². The molecular formula is C22H22O5. The van der Waals surface area contributed by atoms with Crippen LogP contribution in [0.5, 0.6) is 11.5 Å². The van der Waals surface area contributed by atoms with Gasteiger partial charge in [0, 0.05) is 11.6 Å². The number of carbonyl (C=O) groups is 2. The van der Waals surface area contributed by atoms with Crippen LogP contribution in [0, 0.1) is 0 Å². The largest absolute Gasteiger partial charge is 0.504 e. The van der Waals surface area contributed by atoms with Crippen LogP contribution < -0.4 is 4.74 Å². The second-order valence-corrected chi connectivity index (χ2v) is 6.55. The fourth-order valence-electron chi connectivity index (χ4n) is 3.19. The van der Waals surface area contributed by atoms with Crippen LogP contribution in [0.3, 0.4) is 0 Å². The van der Waals surface area contributed by atoms with Gasteiger partial charge in [0.15, 0.2) is 17.6 Å². The predicted octanol–water partition coefficient (Wildman–Crippen LogP) is 3.72. The van der Waals surface area contributed by atoms with Crippen molar-refractivity contribution in [2.24, 2.45) is 0 Å². The predicted molar refractivity (Wildman–Crippen MR) is 102 cm³/mol. The molecular weight excluding hydrogens is 344 g/mol. The lowest BCUT2D eigenvalue weighted by Gasteiger charge is -2.12. The molecule has 1 aliphatic rings. The number of aromatic hydroxyl groups is 1. The van der Waals surface area contributed by atoms with Crippen molar-refractivity contribution in [3.63, 3.8) is 0 Å². The monoisotopic (exact) mass is 366 g/mol. The van der Waals surface area contributed by atoms with Crippen LogP contribution in [0.25, 0.3) is 6.08 Å². The molecule has 0 saturated carbocycles. The zero-order chi connectivity index (χ0) is 19.4. The molecule has 2 aromatic carbocycles. The lowest BCUT2D eigenvalue weighted by Crippen LogP contribution is -2.23. The molecule has 5 heteroatoms. The van der Waals surface area contributed by atoms with Gasteiger partial charge >= 0.3 is 5.97 Å². The average molecular weight is 366 g/mol. The molecule has 1 N–H and O–H groups in total. The number of benzene rings is 2. The van der Waals surface area contributed by atoms with Crippen LogP contribution >= 0.6 is 0 Å². The molecule has 0 fully saturated rings. The van der Waals surface area contributed by atoms with E-state index < -0.39 is 12.1 Å². The Morgan fingerprint density at radius 2 is 1.89 bits per heavy atom. The summed E-state index contributed by atoms with van der Waals surface area (Å²) in [5, 5.41) is 9.58. The summed E-state index contributed by atoms with van der Waals surface area (Å²) in [7, 11) is 1.45. The van der Waals surface area contributed by atoms with Gasteiger partial charge in [-0.3, -0.25) is 4.79 Å². The number of fused-ring (bicyclic) bond motifs is 1. The minimum absolute atomic E-state index is 0.0193. The lowest BCUT2D eigenvalue weighted by atomic mass is 10.0. The van der Waals surface area contributed by atoms with Gasteiger partial charge in [0.2, 0.25) is 5.78 Å². The number of Topliss-reactive ketones (excluding diaryl/α,β-unsaturated/α-hetero) is 1. The Hall–Kier alpha value is -3.08. The van der Waals surface area contributed by atoms with E-state index in [2.05, 4.69) is 0 Å².